The van der Waals surface area contributed by atoms with Crippen LogP contribution in [0.3, 0.4) is 0 Å². The number of hydrogen-bond acceptors (Lipinski definition) is 17. The highest BCUT2D eigenvalue weighted by atomic mass is 28.4. The number of carbonyl (C=O) groups excluding carboxylic acids is 5. The van der Waals surface area contributed by atoms with E-state index >= 15 is 4.79 Å². The molecule has 6 rings (SSSR count). The van der Waals surface area contributed by atoms with Crippen molar-refractivity contribution in [2.75, 3.05) is 28.4 Å². The van der Waals surface area contributed by atoms with E-state index in [1.54, 1.807) is 59.5 Å². The third kappa shape index (κ3) is 16.4. The van der Waals surface area contributed by atoms with Crippen LogP contribution in [0, 0.1) is 29.6 Å². The Hall–Kier alpha value is -6.90. The van der Waals surface area contributed by atoms with E-state index in [1.165, 1.54) is 43.8 Å². The Labute approximate surface area is 483 Å². The van der Waals surface area contributed by atoms with Crippen molar-refractivity contribution in [2.24, 2.45) is 29.6 Å². The molecular formula is C63H82N4O14Si. The van der Waals surface area contributed by atoms with Crippen LogP contribution >= 0.6 is 0 Å². The van der Waals surface area contributed by atoms with E-state index < -0.39 is 79.7 Å². The highest BCUT2D eigenvalue weighted by Gasteiger charge is 2.52. The van der Waals surface area contributed by atoms with Gasteiger partial charge in [-0.25, -0.2) is 15.0 Å². The standard InChI is InChI=1S/C63H82N4O14Si/c1-40(30-31-53(71)42(3)59(79-45(6)69)41(2)32-33-67(10)39-68)55(74-12)35-56-44(5)54(73-11)28-21-29-57-64-50(37-76-57)61-66-51(38-78-61)62-65-49(36-77-62)60(75-13)43(4)52(70)27-20-22-46(34-58(72)80-56)81-82(63(7,8)9,47-23-16-14-17-24-47)48-25-18-15-19-26-48/h14-21,23-27,29,32-33,36-44,46,54-56,59-60H,22,28,30-31,34-35H2,1-13H3/b27-20+,29-21+,33-32+/t40-,41+,42-,43-,44+,46-,54-,55-,56-,59+,60-/m0/s1. The summed E-state index contributed by atoms with van der Waals surface area (Å²) in [5, 5.41) is 1.56. The van der Waals surface area contributed by atoms with E-state index in [9.17, 15) is 19.2 Å². The van der Waals surface area contributed by atoms with Crippen LogP contribution in [0.2, 0.25) is 5.04 Å². The van der Waals surface area contributed by atoms with Gasteiger partial charge >= 0.3 is 11.9 Å². The Morgan fingerprint density at radius 2 is 1.45 bits per heavy atom. The summed E-state index contributed by atoms with van der Waals surface area (Å²) in [7, 11) is 2.99. The molecule has 6 bridgehead atoms. The van der Waals surface area contributed by atoms with Crippen molar-refractivity contribution in [3.05, 3.63) is 122 Å². The zero-order valence-corrected chi connectivity index (χ0v) is 50.6. The first-order valence-corrected chi connectivity index (χ1v) is 29.9. The number of oxazole rings is 3. The number of ether oxygens (including phenoxy) is 5. The number of methoxy groups -OCH3 is 3. The second-order valence-corrected chi connectivity index (χ2v) is 26.7. The lowest BCUT2D eigenvalue weighted by Crippen LogP contribution is -2.67. The summed E-state index contributed by atoms with van der Waals surface area (Å²) < 4.78 is 55.6. The predicted octanol–water partition coefficient (Wildman–Crippen LogP) is 10.3. The molecule has 0 N–H and O–H groups in total. The number of rotatable bonds is 20. The van der Waals surface area contributed by atoms with Gasteiger partial charge in [0.2, 0.25) is 24.1 Å². The average Bonchev–Trinajstić information content (AvgIpc) is 4.39. The molecular weight excluding hydrogens is 1060 g/mol. The summed E-state index contributed by atoms with van der Waals surface area (Å²) in [4.78, 5) is 81.8. The van der Waals surface area contributed by atoms with Gasteiger partial charge in [-0.2, -0.15) is 0 Å². The molecule has 19 heteroatoms. The summed E-state index contributed by atoms with van der Waals surface area (Å²) >= 11 is 0. The minimum Gasteiger partial charge on any atom is -0.462 e. The second kappa shape index (κ2) is 29.9. The van der Waals surface area contributed by atoms with Gasteiger partial charge in [-0.15, -0.1) is 0 Å². The first-order chi connectivity index (χ1) is 39.1. The number of benzene rings is 2. The van der Waals surface area contributed by atoms with Gasteiger partial charge in [0.15, 0.2) is 17.2 Å². The second-order valence-electron chi connectivity index (χ2n) is 22.4. The fraction of sp³-hybridized carbons (Fsp3) is 0.492. The smallest absolute Gasteiger partial charge is 0.308 e. The van der Waals surface area contributed by atoms with Gasteiger partial charge in [0.1, 0.15) is 48.6 Å². The number of amides is 1. The van der Waals surface area contributed by atoms with E-state index in [1.807, 2.05) is 63.2 Å². The molecule has 5 aromatic rings. The van der Waals surface area contributed by atoms with Crippen molar-refractivity contribution in [2.45, 2.75) is 143 Å². The average molecular weight is 1150 g/mol. The fourth-order valence-corrected chi connectivity index (χ4v) is 15.4. The Morgan fingerprint density at radius 3 is 2.06 bits per heavy atom. The maximum atomic E-state index is 15.0. The van der Waals surface area contributed by atoms with Crippen LogP contribution in [0.1, 0.15) is 119 Å². The van der Waals surface area contributed by atoms with Crippen molar-refractivity contribution in [3.8, 4) is 23.2 Å². The molecule has 0 saturated carbocycles. The van der Waals surface area contributed by atoms with Crippen LogP contribution in [-0.2, 0) is 52.1 Å². The molecule has 11 atom stereocenters. The number of Topliss-reactive ketones (excluding diaryl/α,β-unsaturated/α-hetero) is 1. The van der Waals surface area contributed by atoms with Crippen LogP contribution in [0.15, 0.2) is 123 Å². The fourth-order valence-electron chi connectivity index (χ4n) is 10.7. The molecule has 1 aliphatic rings. The molecule has 0 aliphatic carbocycles. The van der Waals surface area contributed by atoms with Crippen molar-refractivity contribution in [1.82, 2.24) is 19.9 Å². The molecule has 1 amide bonds. The van der Waals surface area contributed by atoms with Crippen LogP contribution in [0.25, 0.3) is 29.2 Å². The minimum absolute atomic E-state index is 0.106. The van der Waals surface area contributed by atoms with Crippen molar-refractivity contribution in [1.29, 1.82) is 0 Å². The number of ketones is 2. The van der Waals surface area contributed by atoms with Gasteiger partial charge in [0, 0.05) is 66.2 Å². The number of cyclic esters (lactones) is 1. The number of fused-ring (bicyclic) bond motifs is 8. The zero-order valence-electron chi connectivity index (χ0n) is 49.6. The van der Waals surface area contributed by atoms with Gasteiger partial charge in [0.05, 0.1) is 36.6 Å². The Morgan fingerprint density at radius 1 is 0.829 bits per heavy atom. The quantitative estimate of drug-likeness (QED) is 0.0401. The SMILES string of the molecule is CO[C@H]1C/C=C/c2nc(co2)-c2nc(co2)-c2nc(co2)[C@@H](OC)[C@@H](C)C(=O)/C=C/C[C@H](O[Si](c2ccccc2)(c2ccccc2)C(C)(C)C)CC(=O)O[C@@H](C[C@H](OC)[C@@H](C)CCC(=O)[C@H](C)[C@H](OC(C)=O)[C@H](C)/C=C/N(C)C=O)[C@@H]1C. The molecule has 1 aliphatic heterocycles. The number of carbonyl (C=O) groups is 5. The maximum Gasteiger partial charge on any atom is 0.308 e. The first-order valence-electron chi connectivity index (χ1n) is 28.0. The van der Waals surface area contributed by atoms with E-state index in [4.69, 9.17) is 41.4 Å². The van der Waals surface area contributed by atoms with Crippen LogP contribution < -0.4 is 10.4 Å². The van der Waals surface area contributed by atoms with Crippen molar-refractivity contribution < 1.29 is 65.3 Å². The van der Waals surface area contributed by atoms with E-state index in [2.05, 4.69) is 60.0 Å². The van der Waals surface area contributed by atoms with Gasteiger partial charge in [0.25, 0.3) is 8.32 Å². The molecule has 0 unspecified atom stereocenters. The molecule has 82 heavy (non-hydrogen) atoms. The minimum atomic E-state index is -3.30. The third-order valence-electron chi connectivity index (χ3n) is 15.5. The highest BCUT2D eigenvalue weighted by Crippen LogP contribution is 2.39. The molecule has 4 heterocycles. The summed E-state index contributed by atoms with van der Waals surface area (Å²) in [6.07, 6.45) is 12.1. The Balaban J connectivity index is 1.37. The molecule has 0 saturated heterocycles. The van der Waals surface area contributed by atoms with Crippen LogP contribution in [0.5, 0.6) is 0 Å². The molecule has 0 spiro atoms. The summed E-state index contributed by atoms with van der Waals surface area (Å²) in [6.45, 7) is 17.1. The molecule has 3 aromatic heterocycles. The van der Waals surface area contributed by atoms with Gasteiger partial charge in [-0.3, -0.25) is 24.0 Å². The Bertz CT molecular complexity index is 2900. The highest BCUT2D eigenvalue weighted by molar-refractivity contribution is 6.99. The first kappa shape index (κ1) is 64.3. The normalized spacial score (nSPS) is 22.4. The van der Waals surface area contributed by atoms with Crippen molar-refractivity contribution >= 4 is 54.7 Å². The lowest BCUT2D eigenvalue weighted by Gasteiger charge is -2.45. The summed E-state index contributed by atoms with van der Waals surface area (Å²) in [6, 6.07) is 20.2. The van der Waals surface area contributed by atoms with Crippen LogP contribution in [-0.4, -0.2) is 117 Å². The van der Waals surface area contributed by atoms with E-state index in [-0.39, 0.29) is 66.8 Å². The Kier molecular flexibility index (Phi) is 23.4. The van der Waals surface area contributed by atoms with Gasteiger partial charge in [-0.05, 0) is 52.7 Å². The lowest BCUT2D eigenvalue weighted by atomic mass is 9.84. The predicted molar refractivity (Wildman–Crippen MR) is 311 cm³/mol. The molecule has 0 radical (unpaired) electrons. The zero-order chi connectivity index (χ0) is 59.7. The summed E-state index contributed by atoms with van der Waals surface area (Å²) in [5.41, 5.74) is 1.01. The van der Waals surface area contributed by atoms with E-state index in [0.29, 0.717) is 36.3 Å². The largest absolute Gasteiger partial charge is 0.462 e. The number of esters is 2. The van der Waals surface area contributed by atoms with Gasteiger partial charge < -0.3 is 46.3 Å². The van der Waals surface area contributed by atoms with E-state index in [0.717, 1.165) is 10.4 Å². The number of nitrogens with zero attached hydrogens (tertiary/aromatic N) is 4. The van der Waals surface area contributed by atoms with Crippen molar-refractivity contribution in [3.63, 3.8) is 0 Å². The molecule has 442 valence electrons. The monoisotopic (exact) mass is 1150 g/mol. The number of hydrogen-bond donors (Lipinski definition) is 0. The number of allylic oxidation sites excluding steroid dienone is 1. The molecule has 18 nitrogen and oxygen atoms in total. The van der Waals surface area contributed by atoms with Gasteiger partial charge in [-0.1, -0.05) is 134 Å². The number of aromatic nitrogens is 3. The topological polar surface area (TPSA) is 222 Å². The summed E-state index contributed by atoms with van der Waals surface area (Å²) in [5.74, 6) is -3.21. The molecule has 0 fully saturated rings. The maximum absolute atomic E-state index is 15.0. The molecule has 2 aromatic carbocycles. The van der Waals surface area contributed by atoms with Crippen LogP contribution in [0.4, 0.5) is 0 Å². The lowest BCUT2D eigenvalue weighted by molar-refractivity contribution is -0.159. The third-order valence-corrected chi connectivity index (χ3v) is 20.6.